The first-order valence-corrected chi connectivity index (χ1v) is 8.31. The standard InChI is InChI=1S/C15H19Cl2N5O2/c1-2-18-14(19-5-6-22-13(23)9-21-15(22)24)20-8-10-3-4-11(16)7-12(10)17/h3-4,7H,2,5-6,8-9H2,1H3,(H,21,24)(H2,18,19,20). The molecular formula is C15H19Cl2N5O2. The molecule has 0 saturated carbocycles. The molecule has 0 aromatic heterocycles. The highest BCUT2D eigenvalue weighted by atomic mass is 35.5. The molecule has 3 N–H and O–H groups in total. The van der Waals surface area contributed by atoms with E-state index < -0.39 is 0 Å². The first kappa shape index (κ1) is 18.4. The average molecular weight is 372 g/mol. The summed E-state index contributed by atoms with van der Waals surface area (Å²) in [6.07, 6.45) is 0. The summed E-state index contributed by atoms with van der Waals surface area (Å²) in [4.78, 5) is 28.6. The fourth-order valence-electron chi connectivity index (χ4n) is 2.12. The number of imide groups is 1. The number of hydrogen-bond acceptors (Lipinski definition) is 3. The van der Waals surface area contributed by atoms with E-state index in [4.69, 9.17) is 23.2 Å². The van der Waals surface area contributed by atoms with Gasteiger partial charge in [0, 0.05) is 29.7 Å². The third kappa shape index (κ3) is 5.01. The smallest absolute Gasteiger partial charge is 0.324 e. The topological polar surface area (TPSA) is 85.8 Å². The minimum Gasteiger partial charge on any atom is -0.357 e. The molecule has 130 valence electrons. The number of nitrogens with zero attached hydrogens (tertiary/aromatic N) is 2. The van der Waals surface area contributed by atoms with Crippen LogP contribution in [0.25, 0.3) is 0 Å². The highest BCUT2D eigenvalue weighted by Crippen LogP contribution is 2.21. The van der Waals surface area contributed by atoms with Gasteiger partial charge >= 0.3 is 6.03 Å². The lowest BCUT2D eigenvalue weighted by molar-refractivity contribution is -0.124. The van der Waals surface area contributed by atoms with Crippen LogP contribution in [-0.4, -0.2) is 49.0 Å². The summed E-state index contributed by atoms with van der Waals surface area (Å²) < 4.78 is 0. The lowest BCUT2D eigenvalue weighted by Gasteiger charge is -2.15. The van der Waals surface area contributed by atoms with Crippen molar-refractivity contribution in [2.75, 3.05) is 26.2 Å². The molecule has 0 bridgehead atoms. The van der Waals surface area contributed by atoms with Crippen LogP contribution in [0.3, 0.4) is 0 Å². The second-order valence-corrected chi connectivity index (χ2v) is 5.91. The number of carbonyl (C=O) groups is 2. The van der Waals surface area contributed by atoms with Gasteiger partial charge in [-0.25, -0.2) is 9.79 Å². The van der Waals surface area contributed by atoms with E-state index in [2.05, 4.69) is 20.9 Å². The number of halogens is 2. The van der Waals surface area contributed by atoms with Gasteiger partial charge in [0.1, 0.15) is 0 Å². The van der Waals surface area contributed by atoms with Crippen LogP contribution in [0.2, 0.25) is 10.0 Å². The fraction of sp³-hybridized carbons (Fsp3) is 0.400. The molecule has 7 nitrogen and oxygen atoms in total. The Bertz CT molecular complexity index is 635. The van der Waals surface area contributed by atoms with Crippen molar-refractivity contribution in [1.29, 1.82) is 0 Å². The zero-order chi connectivity index (χ0) is 17.5. The number of carbonyl (C=O) groups excluding carboxylic acids is 2. The molecule has 1 aliphatic rings. The van der Waals surface area contributed by atoms with Gasteiger partial charge in [0.25, 0.3) is 0 Å². The molecule has 3 amide bonds. The van der Waals surface area contributed by atoms with E-state index in [0.29, 0.717) is 35.6 Å². The van der Waals surface area contributed by atoms with Crippen molar-refractivity contribution >= 4 is 41.1 Å². The molecule has 1 heterocycles. The van der Waals surface area contributed by atoms with Crippen LogP contribution in [-0.2, 0) is 11.3 Å². The van der Waals surface area contributed by atoms with Crippen LogP contribution in [0.5, 0.6) is 0 Å². The number of aliphatic imine (C=N–C) groups is 1. The van der Waals surface area contributed by atoms with Crippen LogP contribution < -0.4 is 16.0 Å². The van der Waals surface area contributed by atoms with Gasteiger partial charge in [-0.2, -0.15) is 0 Å². The minimum atomic E-state index is -0.364. The Morgan fingerprint density at radius 3 is 2.75 bits per heavy atom. The molecule has 0 atom stereocenters. The van der Waals surface area contributed by atoms with Crippen molar-refractivity contribution in [1.82, 2.24) is 20.9 Å². The Kier molecular flexibility index (Phi) is 6.69. The summed E-state index contributed by atoms with van der Waals surface area (Å²) in [6, 6.07) is 4.89. The van der Waals surface area contributed by atoms with Crippen molar-refractivity contribution in [3.05, 3.63) is 33.8 Å². The third-order valence-electron chi connectivity index (χ3n) is 3.33. The molecule has 1 aromatic carbocycles. The maximum Gasteiger partial charge on any atom is 0.324 e. The molecule has 1 saturated heterocycles. The first-order chi connectivity index (χ1) is 11.5. The number of amides is 3. The predicted molar refractivity (Wildman–Crippen MR) is 94.4 cm³/mol. The maximum absolute atomic E-state index is 11.5. The summed E-state index contributed by atoms with van der Waals surface area (Å²) in [5.74, 6) is 0.354. The second kappa shape index (κ2) is 8.75. The highest BCUT2D eigenvalue weighted by molar-refractivity contribution is 6.35. The molecule has 0 spiro atoms. The lowest BCUT2D eigenvalue weighted by atomic mass is 10.2. The first-order valence-electron chi connectivity index (χ1n) is 7.55. The Balaban J connectivity index is 1.90. The molecule has 1 aromatic rings. The van der Waals surface area contributed by atoms with Gasteiger partial charge in [-0.1, -0.05) is 29.3 Å². The summed E-state index contributed by atoms with van der Waals surface area (Å²) in [5.41, 5.74) is 0.854. The van der Waals surface area contributed by atoms with Gasteiger partial charge < -0.3 is 16.0 Å². The van der Waals surface area contributed by atoms with Gasteiger partial charge in [0.2, 0.25) is 5.91 Å². The van der Waals surface area contributed by atoms with E-state index in [1.165, 1.54) is 4.90 Å². The van der Waals surface area contributed by atoms with E-state index in [1.54, 1.807) is 12.1 Å². The SMILES string of the molecule is CCNC(=NCc1ccc(Cl)cc1Cl)NCCN1C(=O)CNC1=O. The van der Waals surface area contributed by atoms with Crippen LogP contribution in [0, 0.1) is 0 Å². The molecule has 9 heteroatoms. The zero-order valence-electron chi connectivity index (χ0n) is 13.2. The minimum absolute atomic E-state index is 0.0576. The molecule has 0 radical (unpaired) electrons. The normalized spacial score (nSPS) is 14.8. The van der Waals surface area contributed by atoms with Gasteiger partial charge in [0.15, 0.2) is 5.96 Å². The summed E-state index contributed by atoms with van der Waals surface area (Å²) >= 11 is 12.0. The molecule has 0 aliphatic carbocycles. The van der Waals surface area contributed by atoms with Crippen LogP contribution >= 0.6 is 23.2 Å². The van der Waals surface area contributed by atoms with Gasteiger partial charge in [-0.05, 0) is 24.6 Å². The van der Waals surface area contributed by atoms with Crippen molar-refractivity contribution in [3.8, 4) is 0 Å². The van der Waals surface area contributed by atoms with E-state index in [9.17, 15) is 9.59 Å². The molecular weight excluding hydrogens is 353 g/mol. The number of urea groups is 1. The number of hydrogen-bond donors (Lipinski definition) is 3. The highest BCUT2D eigenvalue weighted by Gasteiger charge is 2.27. The number of rotatable bonds is 6. The van der Waals surface area contributed by atoms with Crippen LogP contribution in [0.15, 0.2) is 23.2 Å². The average Bonchev–Trinajstić information content (AvgIpc) is 2.85. The molecule has 0 unspecified atom stereocenters. The lowest BCUT2D eigenvalue weighted by Crippen LogP contribution is -2.43. The predicted octanol–water partition coefficient (Wildman–Crippen LogP) is 1.60. The Morgan fingerprint density at radius 1 is 1.33 bits per heavy atom. The van der Waals surface area contributed by atoms with E-state index in [-0.39, 0.29) is 25.0 Å². The van der Waals surface area contributed by atoms with E-state index >= 15 is 0 Å². The maximum atomic E-state index is 11.5. The van der Waals surface area contributed by atoms with Crippen LogP contribution in [0.1, 0.15) is 12.5 Å². The number of benzene rings is 1. The monoisotopic (exact) mass is 371 g/mol. The van der Waals surface area contributed by atoms with Crippen molar-refractivity contribution < 1.29 is 9.59 Å². The molecule has 24 heavy (non-hydrogen) atoms. The Morgan fingerprint density at radius 2 is 2.12 bits per heavy atom. The second-order valence-electron chi connectivity index (χ2n) is 5.06. The number of guanidine groups is 1. The fourth-order valence-corrected chi connectivity index (χ4v) is 2.59. The van der Waals surface area contributed by atoms with Gasteiger partial charge in [0.05, 0.1) is 13.1 Å². The van der Waals surface area contributed by atoms with Crippen molar-refractivity contribution in [2.24, 2.45) is 4.99 Å². The largest absolute Gasteiger partial charge is 0.357 e. The molecule has 1 aliphatic heterocycles. The number of nitrogens with one attached hydrogen (secondary N) is 3. The van der Waals surface area contributed by atoms with E-state index in [1.807, 2.05) is 13.0 Å². The van der Waals surface area contributed by atoms with Gasteiger partial charge in [-0.15, -0.1) is 0 Å². The summed E-state index contributed by atoms with van der Waals surface area (Å²) in [7, 11) is 0. The molecule has 1 fully saturated rings. The van der Waals surface area contributed by atoms with Crippen molar-refractivity contribution in [2.45, 2.75) is 13.5 Å². The Labute approximate surface area is 150 Å². The Hall–Kier alpha value is -1.99. The zero-order valence-corrected chi connectivity index (χ0v) is 14.7. The molecule has 2 rings (SSSR count). The van der Waals surface area contributed by atoms with Crippen LogP contribution in [0.4, 0.5) is 4.79 Å². The quantitative estimate of drug-likeness (QED) is 0.402. The van der Waals surface area contributed by atoms with E-state index in [0.717, 1.165) is 5.56 Å². The van der Waals surface area contributed by atoms with Crippen molar-refractivity contribution in [3.63, 3.8) is 0 Å². The summed E-state index contributed by atoms with van der Waals surface area (Å²) in [6.45, 7) is 3.75. The summed E-state index contributed by atoms with van der Waals surface area (Å²) in [5, 5.41) is 9.79. The third-order valence-corrected chi connectivity index (χ3v) is 3.92. The van der Waals surface area contributed by atoms with Gasteiger partial charge in [-0.3, -0.25) is 9.69 Å².